The Morgan fingerprint density at radius 3 is 2.27 bits per heavy atom. The van der Waals surface area contributed by atoms with Gasteiger partial charge in [0.2, 0.25) is 0 Å². The van der Waals surface area contributed by atoms with E-state index in [9.17, 15) is 22.4 Å². The number of hydrogen-bond acceptors (Lipinski definition) is 3. The van der Waals surface area contributed by atoms with E-state index >= 15 is 0 Å². The fraction of sp³-hybridized carbons (Fsp3) is 0.214. The van der Waals surface area contributed by atoms with Crippen molar-refractivity contribution in [2.24, 2.45) is 5.92 Å². The van der Waals surface area contributed by atoms with Gasteiger partial charge in [-0.25, -0.2) is 9.07 Å². The number of aromatic nitrogens is 2. The maximum absolute atomic E-state index is 14.8. The molecule has 5 nitrogen and oxygen atoms in total. The largest absolute Gasteiger partial charge is 0.435 e. The second-order valence-corrected chi connectivity index (χ2v) is 9.05. The summed E-state index contributed by atoms with van der Waals surface area (Å²) in [6, 6.07) is 22.5. The third kappa shape index (κ3) is 5.72. The highest BCUT2D eigenvalue weighted by molar-refractivity contribution is 6.03. The SMILES string of the molecule is O=C(Nc1cc(C(NCC2CC2)c2ccccc2)ccc1F)c1cc(C(F)(F)F)nn1-c1ccccc1. The molecule has 1 atom stereocenters. The summed E-state index contributed by atoms with van der Waals surface area (Å²) in [6.07, 6.45) is -2.43. The summed E-state index contributed by atoms with van der Waals surface area (Å²) < 4.78 is 56.0. The van der Waals surface area contributed by atoms with Gasteiger partial charge in [-0.2, -0.15) is 18.3 Å². The van der Waals surface area contributed by atoms with Gasteiger partial charge in [-0.3, -0.25) is 4.79 Å². The van der Waals surface area contributed by atoms with E-state index in [1.54, 1.807) is 24.3 Å². The maximum atomic E-state index is 14.8. The Morgan fingerprint density at radius 1 is 0.946 bits per heavy atom. The average molecular weight is 509 g/mol. The van der Waals surface area contributed by atoms with Gasteiger partial charge in [-0.05, 0) is 60.7 Å². The Balaban J connectivity index is 1.47. The molecule has 1 heterocycles. The highest BCUT2D eigenvalue weighted by Gasteiger charge is 2.36. The van der Waals surface area contributed by atoms with Gasteiger partial charge in [-0.15, -0.1) is 0 Å². The van der Waals surface area contributed by atoms with Crippen molar-refractivity contribution in [3.63, 3.8) is 0 Å². The smallest absolute Gasteiger partial charge is 0.318 e. The number of carbonyl (C=O) groups excluding carboxylic acids is 1. The highest BCUT2D eigenvalue weighted by atomic mass is 19.4. The summed E-state index contributed by atoms with van der Waals surface area (Å²) in [7, 11) is 0. The molecule has 1 aliphatic rings. The number of rotatable bonds is 8. The summed E-state index contributed by atoms with van der Waals surface area (Å²) in [4.78, 5) is 13.2. The van der Waals surface area contributed by atoms with Gasteiger partial charge in [0, 0.05) is 6.07 Å². The summed E-state index contributed by atoms with van der Waals surface area (Å²) in [5.74, 6) is -1.01. The zero-order valence-corrected chi connectivity index (χ0v) is 19.7. The minimum Gasteiger partial charge on any atom is -0.318 e. The van der Waals surface area contributed by atoms with E-state index < -0.39 is 23.6 Å². The van der Waals surface area contributed by atoms with Crippen LogP contribution in [0.4, 0.5) is 23.2 Å². The van der Waals surface area contributed by atoms with Gasteiger partial charge >= 0.3 is 6.18 Å². The summed E-state index contributed by atoms with van der Waals surface area (Å²) in [5, 5.41) is 9.57. The molecule has 1 fully saturated rings. The van der Waals surface area contributed by atoms with E-state index in [2.05, 4.69) is 15.7 Å². The minimum atomic E-state index is -4.75. The first-order chi connectivity index (χ1) is 17.8. The van der Waals surface area contributed by atoms with Gasteiger partial charge in [0.1, 0.15) is 11.5 Å². The molecule has 4 aromatic rings. The number of nitrogens with zero attached hydrogens (tertiary/aromatic N) is 2. The van der Waals surface area contributed by atoms with Crippen LogP contribution in [0.3, 0.4) is 0 Å². The molecule has 0 radical (unpaired) electrons. The first-order valence-corrected chi connectivity index (χ1v) is 11.9. The van der Waals surface area contributed by atoms with Crippen molar-refractivity contribution in [2.75, 3.05) is 11.9 Å². The number of nitrogens with one attached hydrogen (secondary N) is 2. The normalized spacial score (nSPS) is 14.4. The van der Waals surface area contributed by atoms with Gasteiger partial charge in [0.25, 0.3) is 5.91 Å². The first-order valence-electron chi connectivity index (χ1n) is 11.9. The van der Waals surface area contributed by atoms with Gasteiger partial charge in [0.15, 0.2) is 5.69 Å². The molecule has 1 unspecified atom stereocenters. The molecule has 2 N–H and O–H groups in total. The second-order valence-electron chi connectivity index (χ2n) is 9.05. The molecule has 1 aliphatic carbocycles. The Morgan fingerprint density at radius 2 is 1.62 bits per heavy atom. The molecule has 0 bridgehead atoms. The predicted octanol–water partition coefficient (Wildman–Crippen LogP) is 6.37. The molecule has 1 amide bonds. The quantitative estimate of drug-likeness (QED) is 0.272. The zero-order chi connectivity index (χ0) is 26.0. The Bertz CT molecular complexity index is 1380. The van der Waals surface area contributed by atoms with Crippen LogP contribution in [0.2, 0.25) is 0 Å². The van der Waals surface area contributed by atoms with Gasteiger partial charge < -0.3 is 10.6 Å². The fourth-order valence-corrected chi connectivity index (χ4v) is 4.13. The lowest BCUT2D eigenvalue weighted by Gasteiger charge is -2.21. The van der Waals surface area contributed by atoms with Crippen LogP contribution in [-0.2, 0) is 6.18 Å². The molecular formula is C28H24F4N4O. The number of carbonyl (C=O) groups is 1. The summed E-state index contributed by atoms with van der Waals surface area (Å²) in [5.41, 5.74) is 0.246. The molecule has 1 saturated carbocycles. The van der Waals surface area contributed by atoms with Crippen LogP contribution >= 0.6 is 0 Å². The number of anilines is 1. The lowest BCUT2D eigenvalue weighted by Crippen LogP contribution is -2.25. The van der Waals surface area contributed by atoms with E-state index in [1.807, 2.05) is 30.3 Å². The molecule has 5 rings (SSSR count). The molecule has 1 aromatic heterocycles. The Hall–Kier alpha value is -3.98. The lowest BCUT2D eigenvalue weighted by molar-refractivity contribution is -0.141. The molecule has 0 saturated heterocycles. The van der Waals surface area contributed by atoms with Crippen LogP contribution in [0.25, 0.3) is 5.69 Å². The third-order valence-electron chi connectivity index (χ3n) is 6.25. The van der Waals surface area contributed by atoms with E-state index in [0.29, 0.717) is 12.0 Å². The number of hydrogen-bond donors (Lipinski definition) is 2. The van der Waals surface area contributed by atoms with Crippen molar-refractivity contribution >= 4 is 11.6 Å². The van der Waals surface area contributed by atoms with Crippen molar-refractivity contribution < 1.29 is 22.4 Å². The summed E-state index contributed by atoms with van der Waals surface area (Å²) in [6.45, 7) is 0.801. The van der Waals surface area contributed by atoms with Crippen LogP contribution in [-0.4, -0.2) is 22.2 Å². The van der Waals surface area contributed by atoms with Crippen molar-refractivity contribution in [3.8, 4) is 5.69 Å². The van der Waals surface area contributed by atoms with Crippen LogP contribution < -0.4 is 10.6 Å². The Kier molecular flexibility index (Phi) is 6.80. The van der Waals surface area contributed by atoms with E-state index in [1.165, 1.54) is 24.3 Å². The molecule has 190 valence electrons. The number of alkyl halides is 3. The highest BCUT2D eigenvalue weighted by Crippen LogP contribution is 2.32. The van der Waals surface area contributed by atoms with E-state index in [0.717, 1.165) is 35.2 Å². The van der Waals surface area contributed by atoms with E-state index in [4.69, 9.17) is 0 Å². The molecule has 0 aliphatic heterocycles. The van der Waals surface area contributed by atoms with Crippen LogP contribution in [0.1, 0.15) is 46.2 Å². The molecule has 3 aromatic carbocycles. The Labute approximate surface area is 211 Å². The molecule has 0 spiro atoms. The molecular weight excluding hydrogens is 484 g/mol. The maximum Gasteiger partial charge on any atom is 0.435 e. The van der Waals surface area contributed by atoms with E-state index in [-0.39, 0.29) is 23.1 Å². The van der Waals surface area contributed by atoms with Crippen LogP contribution in [0.5, 0.6) is 0 Å². The topological polar surface area (TPSA) is 59.0 Å². The number of amides is 1. The third-order valence-corrected chi connectivity index (χ3v) is 6.25. The van der Waals surface area contributed by atoms with Crippen molar-refractivity contribution in [3.05, 3.63) is 113 Å². The summed E-state index contributed by atoms with van der Waals surface area (Å²) >= 11 is 0. The molecule has 9 heteroatoms. The minimum absolute atomic E-state index is 0.133. The van der Waals surface area contributed by atoms with Crippen LogP contribution in [0, 0.1) is 11.7 Å². The predicted molar refractivity (Wildman–Crippen MR) is 132 cm³/mol. The van der Waals surface area contributed by atoms with Gasteiger partial charge in [-0.1, -0.05) is 54.6 Å². The van der Waals surface area contributed by atoms with Crippen molar-refractivity contribution in [1.82, 2.24) is 15.1 Å². The average Bonchev–Trinajstić information content (AvgIpc) is 3.60. The monoisotopic (exact) mass is 508 g/mol. The standard InChI is InChI=1S/C28H24F4N4O/c29-22-14-13-20(26(33-17-18-11-12-18)19-7-3-1-4-8-19)15-23(22)34-27(37)24-16-25(28(30,31)32)35-36(24)21-9-5-2-6-10-21/h1-10,13-16,18,26,33H,11-12,17H2,(H,34,37). The van der Waals surface area contributed by atoms with Crippen LogP contribution in [0.15, 0.2) is 84.9 Å². The first kappa shape index (κ1) is 24.7. The number of halogens is 4. The lowest BCUT2D eigenvalue weighted by atomic mass is 9.97. The zero-order valence-electron chi connectivity index (χ0n) is 19.7. The second kappa shape index (κ2) is 10.2. The number of para-hydroxylation sites is 1. The number of benzene rings is 3. The van der Waals surface area contributed by atoms with Crippen molar-refractivity contribution in [2.45, 2.75) is 25.1 Å². The molecule has 37 heavy (non-hydrogen) atoms. The van der Waals surface area contributed by atoms with Crippen molar-refractivity contribution in [1.29, 1.82) is 0 Å². The van der Waals surface area contributed by atoms with Gasteiger partial charge in [0.05, 0.1) is 17.4 Å². The fourth-order valence-electron chi connectivity index (χ4n) is 4.13.